The molecule has 9 aromatic carbocycles. The van der Waals surface area contributed by atoms with E-state index < -0.39 is 6.04 Å². The molecule has 12 rings (SSSR count). The van der Waals surface area contributed by atoms with Crippen LogP contribution in [0, 0.1) is 0 Å². The van der Waals surface area contributed by atoms with Crippen molar-refractivity contribution in [1.82, 2.24) is 24.1 Å². The zero-order chi connectivity index (χ0) is 43.9. The number of aromatic nitrogens is 5. The van der Waals surface area contributed by atoms with Gasteiger partial charge in [0.15, 0.2) is 11.6 Å². The summed E-state index contributed by atoms with van der Waals surface area (Å²) in [6.45, 7) is 0. The van der Waals surface area contributed by atoms with E-state index >= 15 is 0 Å². The van der Waals surface area contributed by atoms with Crippen molar-refractivity contribution < 1.29 is 6.85 Å². The van der Waals surface area contributed by atoms with E-state index in [1.54, 1.807) is 0 Å². The van der Waals surface area contributed by atoms with E-state index in [4.69, 9.17) is 21.8 Å². The molecule has 0 N–H and O–H groups in total. The van der Waals surface area contributed by atoms with Crippen LogP contribution in [0.5, 0.6) is 0 Å². The smallest absolute Gasteiger partial charge is 0.238 e. The number of benzene rings is 9. The van der Waals surface area contributed by atoms with Crippen LogP contribution in [0.4, 0.5) is 0 Å². The average molecular weight is 771 g/mol. The summed E-state index contributed by atoms with van der Waals surface area (Å²) in [5.41, 5.74) is 8.57. The molecule has 0 saturated carbocycles. The Balaban J connectivity index is 1.19. The van der Waals surface area contributed by atoms with E-state index in [1.807, 2.05) is 97.1 Å². The molecule has 5 nitrogen and oxygen atoms in total. The SMILES string of the molecule is [2H]c1c([2H])c([2H])c(-c2ccc(-n3c4ccccc4c4ccc5c6ccccc6n(-c6nc(-c7ccccc7)nc(-c7ccc8ccccc8c7)n6)c5c43)cc2-c2ccccc2)c([2H])c1[2H]. The van der Waals surface area contributed by atoms with Crippen LogP contribution in [0.1, 0.15) is 6.85 Å². The zero-order valence-corrected chi connectivity index (χ0v) is 32.1. The van der Waals surface area contributed by atoms with E-state index in [0.717, 1.165) is 82.3 Å². The molecular weight excluding hydrogens is 731 g/mol. The third kappa shape index (κ3) is 5.44. The monoisotopic (exact) mass is 770 g/mol. The molecular formula is C55H35N5. The van der Waals surface area contributed by atoms with Crippen molar-refractivity contribution in [3.8, 4) is 56.7 Å². The Labute approximate surface area is 353 Å². The van der Waals surface area contributed by atoms with Gasteiger partial charge in [0.1, 0.15) is 0 Å². The molecule has 0 bridgehead atoms. The van der Waals surface area contributed by atoms with Crippen LogP contribution < -0.4 is 0 Å². The normalized spacial score (nSPS) is 12.8. The molecule has 0 radical (unpaired) electrons. The lowest BCUT2D eigenvalue weighted by Gasteiger charge is -2.16. The maximum Gasteiger partial charge on any atom is 0.238 e. The molecule has 60 heavy (non-hydrogen) atoms. The van der Waals surface area contributed by atoms with Crippen molar-refractivity contribution in [3.63, 3.8) is 0 Å². The molecule has 12 aromatic rings. The topological polar surface area (TPSA) is 48.5 Å². The van der Waals surface area contributed by atoms with E-state index in [-0.39, 0.29) is 29.7 Å². The number of hydrogen-bond acceptors (Lipinski definition) is 3. The number of nitrogens with zero attached hydrogens (tertiary/aromatic N) is 5. The van der Waals surface area contributed by atoms with Crippen LogP contribution in [0.2, 0.25) is 0 Å². The Morgan fingerprint density at radius 1 is 0.367 bits per heavy atom. The Morgan fingerprint density at radius 3 is 1.67 bits per heavy atom. The summed E-state index contributed by atoms with van der Waals surface area (Å²) >= 11 is 0. The Hall–Kier alpha value is -8.15. The minimum Gasteiger partial charge on any atom is -0.307 e. The molecule has 0 saturated heterocycles. The summed E-state index contributed by atoms with van der Waals surface area (Å²) < 4.78 is 47.8. The largest absolute Gasteiger partial charge is 0.307 e. The van der Waals surface area contributed by atoms with Gasteiger partial charge in [0.2, 0.25) is 5.95 Å². The van der Waals surface area contributed by atoms with Crippen molar-refractivity contribution in [1.29, 1.82) is 0 Å². The quantitative estimate of drug-likeness (QED) is 0.169. The highest BCUT2D eigenvalue weighted by molar-refractivity contribution is 6.23. The van der Waals surface area contributed by atoms with E-state index in [1.165, 1.54) is 0 Å². The molecule has 0 aliphatic carbocycles. The summed E-state index contributed by atoms with van der Waals surface area (Å²) in [6, 6.07) is 59.7. The first-order chi connectivity index (χ1) is 31.8. The highest BCUT2D eigenvalue weighted by Crippen LogP contribution is 2.43. The summed E-state index contributed by atoms with van der Waals surface area (Å²) in [7, 11) is 0. The minimum atomic E-state index is -0.426. The number of para-hydroxylation sites is 2. The molecule has 5 heteroatoms. The van der Waals surface area contributed by atoms with Crippen LogP contribution in [-0.4, -0.2) is 24.1 Å². The highest BCUT2D eigenvalue weighted by atomic mass is 15.2. The predicted octanol–water partition coefficient (Wildman–Crippen LogP) is 13.9. The van der Waals surface area contributed by atoms with Gasteiger partial charge in [-0.25, -0.2) is 4.98 Å². The van der Waals surface area contributed by atoms with Gasteiger partial charge in [-0.05, 0) is 63.4 Å². The first-order valence-corrected chi connectivity index (χ1v) is 19.9. The Morgan fingerprint density at radius 2 is 0.950 bits per heavy atom. The van der Waals surface area contributed by atoms with Gasteiger partial charge in [-0.15, -0.1) is 0 Å². The van der Waals surface area contributed by atoms with Gasteiger partial charge in [-0.3, -0.25) is 4.57 Å². The van der Waals surface area contributed by atoms with Gasteiger partial charge >= 0.3 is 0 Å². The molecule has 0 fully saturated rings. The van der Waals surface area contributed by atoms with Gasteiger partial charge in [0.25, 0.3) is 0 Å². The van der Waals surface area contributed by atoms with Crippen molar-refractivity contribution in [2.75, 3.05) is 0 Å². The standard InChI is InChI=1S/C55H35N5/c1-4-17-37(18-5-1)43-31-30-42(35-48(43)38-19-6-2-7-20-38)59-49-26-14-12-24-44(49)46-32-33-47-45-25-13-15-27-50(45)60(52(47)51(46)59)55-57-53(39-21-8-3-9-22-39)56-54(58-55)41-29-28-36-16-10-11-23-40(36)34-41/h1-35H/i1D,4D,5D,17D,18D. The lowest BCUT2D eigenvalue weighted by atomic mass is 9.94. The maximum atomic E-state index is 8.97. The fraction of sp³-hybridized carbons (Fsp3) is 0. The Bertz CT molecular complexity index is 3870. The van der Waals surface area contributed by atoms with Crippen molar-refractivity contribution in [2.24, 2.45) is 0 Å². The summed E-state index contributed by atoms with van der Waals surface area (Å²) in [5.74, 6) is 1.57. The van der Waals surface area contributed by atoms with Crippen molar-refractivity contribution in [2.45, 2.75) is 0 Å². The molecule has 280 valence electrons. The second kappa shape index (κ2) is 13.8. The molecule has 0 aliphatic heterocycles. The van der Waals surface area contributed by atoms with Crippen LogP contribution in [0.25, 0.3) is 111 Å². The molecule has 0 atom stereocenters. The van der Waals surface area contributed by atoms with Gasteiger partial charge in [-0.2, -0.15) is 9.97 Å². The fourth-order valence-electron chi connectivity index (χ4n) is 8.75. The predicted molar refractivity (Wildman–Crippen MR) is 248 cm³/mol. The summed E-state index contributed by atoms with van der Waals surface area (Å²) in [4.78, 5) is 15.7. The van der Waals surface area contributed by atoms with E-state index in [0.29, 0.717) is 23.2 Å². The maximum absolute atomic E-state index is 8.97. The molecule has 0 amide bonds. The zero-order valence-electron chi connectivity index (χ0n) is 37.1. The van der Waals surface area contributed by atoms with Crippen LogP contribution in [0.3, 0.4) is 0 Å². The van der Waals surface area contributed by atoms with Gasteiger partial charge in [0, 0.05) is 38.4 Å². The van der Waals surface area contributed by atoms with Gasteiger partial charge in [0.05, 0.1) is 28.9 Å². The van der Waals surface area contributed by atoms with Crippen molar-refractivity contribution >= 4 is 54.4 Å². The molecule has 3 aromatic heterocycles. The Kier molecular flexibility index (Phi) is 6.68. The van der Waals surface area contributed by atoms with Crippen LogP contribution in [0.15, 0.2) is 212 Å². The molecule has 0 unspecified atom stereocenters. The minimum absolute atomic E-state index is 0.150. The summed E-state index contributed by atoms with van der Waals surface area (Å²) in [6.07, 6.45) is 0. The van der Waals surface area contributed by atoms with Gasteiger partial charge in [-0.1, -0.05) is 182 Å². The lowest BCUT2D eigenvalue weighted by molar-refractivity contribution is 0.953. The molecule has 0 spiro atoms. The highest BCUT2D eigenvalue weighted by Gasteiger charge is 2.24. The third-order valence-corrected chi connectivity index (χ3v) is 11.4. The van der Waals surface area contributed by atoms with Crippen LogP contribution in [-0.2, 0) is 0 Å². The molecule has 3 heterocycles. The molecule has 0 aliphatic rings. The average Bonchev–Trinajstić information content (AvgIpc) is 3.89. The second-order valence-corrected chi connectivity index (χ2v) is 14.9. The first-order valence-electron chi connectivity index (χ1n) is 22.4. The number of fused-ring (bicyclic) bond motifs is 8. The first kappa shape index (κ1) is 29.1. The van der Waals surface area contributed by atoms with E-state index in [9.17, 15) is 0 Å². The number of hydrogen-bond donors (Lipinski definition) is 0. The third-order valence-electron chi connectivity index (χ3n) is 11.4. The van der Waals surface area contributed by atoms with E-state index in [2.05, 4.69) is 94.1 Å². The lowest BCUT2D eigenvalue weighted by Crippen LogP contribution is -2.07. The second-order valence-electron chi connectivity index (χ2n) is 14.9. The summed E-state index contributed by atoms with van der Waals surface area (Å²) in [5, 5.41) is 6.35. The fourth-order valence-corrected chi connectivity index (χ4v) is 8.75. The van der Waals surface area contributed by atoms with Crippen LogP contribution >= 0.6 is 0 Å². The number of rotatable bonds is 6. The van der Waals surface area contributed by atoms with Gasteiger partial charge < -0.3 is 4.57 Å². The van der Waals surface area contributed by atoms with Crippen molar-refractivity contribution in [3.05, 3.63) is 212 Å².